The first-order valence-corrected chi connectivity index (χ1v) is 6.75. The third kappa shape index (κ3) is 3.10. The van der Waals surface area contributed by atoms with Crippen LogP contribution in [0, 0.1) is 5.41 Å². The van der Waals surface area contributed by atoms with Crippen LogP contribution in [0.3, 0.4) is 0 Å². The normalized spacial score (nSPS) is 16.5. The molecule has 0 radical (unpaired) electrons. The summed E-state index contributed by atoms with van der Waals surface area (Å²) in [6.45, 7) is 4.01. The topological polar surface area (TPSA) is 55.1 Å². The van der Waals surface area contributed by atoms with E-state index in [9.17, 15) is 4.79 Å². The highest BCUT2D eigenvalue weighted by Gasteiger charge is 2.40. The number of amides is 1. The lowest BCUT2D eigenvalue weighted by molar-refractivity contribution is 0.0999. The van der Waals surface area contributed by atoms with Gasteiger partial charge in [0.2, 0.25) is 5.91 Å². The smallest absolute Gasteiger partial charge is 0.249 e. The molecule has 1 aliphatic carbocycles. The molecule has 0 atom stereocenters. The van der Waals surface area contributed by atoms with Gasteiger partial charge in [-0.15, -0.1) is 0 Å². The summed E-state index contributed by atoms with van der Waals surface area (Å²) < 4.78 is 0. The van der Waals surface area contributed by atoms with E-state index in [-0.39, 0.29) is 5.91 Å². The molecule has 18 heavy (non-hydrogen) atoms. The maximum atomic E-state index is 11.3. The standard InChI is InChI=1S/C15H22N2O/c1-2-7-15(8-9-15)11-17-10-12-5-3-4-6-13(12)14(16)18/h3-6,17H,2,7-11H2,1H3,(H2,16,18). The summed E-state index contributed by atoms with van der Waals surface area (Å²) in [5.41, 5.74) is 7.53. The molecular weight excluding hydrogens is 224 g/mol. The Morgan fingerprint density at radius 2 is 2.11 bits per heavy atom. The van der Waals surface area contributed by atoms with Gasteiger partial charge in [0.25, 0.3) is 0 Å². The van der Waals surface area contributed by atoms with Crippen LogP contribution in [0.2, 0.25) is 0 Å². The molecule has 0 unspecified atom stereocenters. The van der Waals surface area contributed by atoms with E-state index in [0.717, 1.165) is 18.7 Å². The highest BCUT2D eigenvalue weighted by molar-refractivity contribution is 5.94. The van der Waals surface area contributed by atoms with Gasteiger partial charge in [0.15, 0.2) is 0 Å². The molecule has 0 bridgehead atoms. The minimum Gasteiger partial charge on any atom is -0.366 e. The first-order chi connectivity index (χ1) is 8.67. The van der Waals surface area contributed by atoms with Gasteiger partial charge in [-0.05, 0) is 36.3 Å². The lowest BCUT2D eigenvalue weighted by Crippen LogP contribution is -2.25. The third-order valence-corrected chi connectivity index (χ3v) is 3.84. The van der Waals surface area contributed by atoms with Crippen molar-refractivity contribution in [2.24, 2.45) is 11.1 Å². The molecular formula is C15H22N2O. The summed E-state index contributed by atoms with van der Waals surface area (Å²) in [4.78, 5) is 11.3. The van der Waals surface area contributed by atoms with E-state index >= 15 is 0 Å². The number of hydrogen-bond donors (Lipinski definition) is 2. The van der Waals surface area contributed by atoms with E-state index in [1.165, 1.54) is 25.7 Å². The van der Waals surface area contributed by atoms with Crippen molar-refractivity contribution < 1.29 is 4.79 Å². The Bertz CT molecular complexity index is 424. The minimum atomic E-state index is -0.345. The predicted molar refractivity (Wildman–Crippen MR) is 73.2 cm³/mol. The van der Waals surface area contributed by atoms with Gasteiger partial charge in [0.05, 0.1) is 0 Å². The first-order valence-electron chi connectivity index (χ1n) is 6.75. The van der Waals surface area contributed by atoms with Gasteiger partial charge in [-0.1, -0.05) is 31.5 Å². The highest BCUT2D eigenvalue weighted by atomic mass is 16.1. The molecule has 1 aliphatic rings. The molecule has 0 spiro atoms. The molecule has 0 heterocycles. The van der Waals surface area contributed by atoms with Gasteiger partial charge >= 0.3 is 0 Å². The number of primary amides is 1. The molecule has 0 saturated heterocycles. The van der Waals surface area contributed by atoms with Crippen LogP contribution in [0.25, 0.3) is 0 Å². The van der Waals surface area contributed by atoms with Crippen molar-refractivity contribution in [2.45, 2.75) is 39.2 Å². The van der Waals surface area contributed by atoms with Crippen molar-refractivity contribution in [3.63, 3.8) is 0 Å². The average Bonchev–Trinajstić information content (AvgIpc) is 3.10. The average molecular weight is 246 g/mol. The van der Waals surface area contributed by atoms with Crippen LogP contribution >= 0.6 is 0 Å². The van der Waals surface area contributed by atoms with E-state index in [1.807, 2.05) is 18.2 Å². The number of nitrogens with two attached hydrogens (primary N) is 1. The maximum absolute atomic E-state index is 11.3. The van der Waals surface area contributed by atoms with E-state index in [0.29, 0.717) is 11.0 Å². The van der Waals surface area contributed by atoms with Crippen molar-refractivity contribution >= 4 is 5.91 Å². The molecule has 1 aromatic rings. The molecule has 98 valence electrons. The Labute approximate surface area is 109 Å². The van der Waals surface area contributed by atoms with Gasteiger partial charge < -0.3 is 11.1 Å². The second-order valence-corrected chi connectivity index (χ2v) is 5.37. The zero-order chi connectivity index (χ0) is 13.0. The second-order valence-electron chi connectivity index (χ2n) is 5.37. The van der Waals surface area contributed by atoms with E-state index in [1.54, 1.807) is 6.07 Å². The number of carbonyl (C=O) groups excluding carboxylic acids is 1. The van der Waals surface area contributed by atoms with Crippen molar-refractivity contribution in [2.75, 3.05) is 6.54 Å². The van der Waals surface area contributed by atoms with Crippen LogP contribution in [0.5, 0.6) is 0 Å². The number of nitrogens with one attached hydrogen (secondary N) is 1. The molecule has 1 saturated carbocycles. The zero-order valence-corrected chi connectivity index (χ0v) is 11.0. The molecule has 1 fully saturated rings. The lowest BCUT2D eigenvalue weighted by Gasteiger charge is -2.15. The highest BCUT2D eigenvalue weighted by Crippen LogP contribution is 2.48. The Hall–Kier alpha value is -1.35. The minimum absolute atomic E-state index is 0.345. The number of rotatable bonds is 7. The summed E-state index contributed by atoms with van der Waals surface area (Å²) in [6, 6.07) is 7.55. The fraction of sp³-hybridized carbons (Fsp3) is 0.533. The van der Waals surface area contributed by atoms with Crippen LogP contribution in [-0.2, 0) is 6.54 Å². The quantitative estimate of drug-likeness (QED) is 0.776. The second kappa shape index (κ2) is 5.53. The number of benzene rings is 1. The number of hydrogen-bond acceptors (Lipinski definition) is 2. The summed E-state index contributed by atoms with van der Waals surface area (Å²) in [6.07, 6.45) is 5.23. The molecule has 1 amide bonds. The predicted octanol–water partition coefficient (Wildman–Crippen LogP) is 2.46. The van der Waals surface area contributed by atoms with Gasteiger partial charge in [0.1, 0.15) is 0 Å². The monoisotopic (exact) mass is 246 g/mol. The van der Waals surface area contributed by atoms with Crippen LogP contribution < -0.4 is 11.1 Å². The Morgan fingerprint density at radius 3 is 2.72 bits per heavy atom. The van der Waals surface area contributed by atoms with E-state index in [4.69, 9.17) is 5.73 Å². The summed E-state index contributed by atoms with van der Waals surface area (Å²) >= 11 is 0. The van der Waals surface area contributed by atoms with Crippen molar-refractivity contribution in [3.8, 4) is 0 Å². The Balaban J connectivity index is 1.89. The Kier molecular flexibility index (Phi) is 4.02. The molecule has 0 aliphatic heterocycles. The molecule has 0 aromatic heterocycles. The molecule has 3 N–H and O–H groups in total. The van der Waals surface area contributed by atoms with Crippen LogP contribution in [0.1, 0.15) is 48.5 Å². The molecule has 1 aromatic carbocycles. The largest absolute Gasteiger partial charge is 0.366 e. The van der Waals surface area contributed by atoms with Gasteiger partial charge in [-0.2, -0.15) is 0 Å². The Morgan fingerprint density at radius 1 is 1.39 bits per heavy atom. The molecule has 3 heteroatoms. The SMILES string of the molecule is CCCC1(CNCc2ccccc2C(N)=O)CC1. The third-order valence-electron chi connectivity index (χ3n) is 3.84. The first kappa shape index (κ1) is 13.1. The van der Waals surface area contributed by atoms with Crippen LogP contribution in [0.4, 0.5) is 0 Å². The summed E-state index contributed by atoms with van der Waals surface area (Å²) in [7, 11) is 0. The summed E-state index contributed by atoms with van der Waals surface area (Å²) in [5.74, 6) is -0.345. The van der Waals surface area contributed by atoms with E-state index in [2.05, 4.69) is 12.2 Å². The fourth-order valence-corrected chi connectivity index (χ4v) is 2.60. The van der Waals surface area contributed by atoms with Crippen molar-refractivity contribution in [1.29, 1.82) is 0 Å². The zero-order valence-electron chi connectivity index (χ0n) is 11.0. The molecule has 3 nitrogen and oxygen atoms in total. The van der Waals surface area contributed by atoms with Crippen LogP contribution in [-0.4, -0.2) is 12.5 Å². The maximum Gasteiger partial charge on any atom is 0.249 e. The van der Waals surface area contributed by atoms with Crippen LogP contribution in [0.15, 0.2) is 24.3 Å². The fourth-order valence-electron chi connectivity index (χ4n) is 2.60. The van der Waals surface area contributed by atoms with Gasteiger partial charge in [0, 0.05) is 18.7 Å². The molecule has 2 rings (SSSR count). The van der Waals surface area contributed by atoms with E-state index < -0.39 is 0 Å². The van der Waals surface area contributed by atoms with Gasteiger partial charge in [-0.25, -0.2) is 0 Å². The lowest BCUT2D eigenvalue weighted by atomic mass is 10.0. The van der Waals surface area contributed by atoms with Crippen molar-refractivity contribution in [3.05, 3.63) is 35.4 Å². The van der Waals surface area contributed by atoms with Crippen molar-refractivity contribution in [1.82, 2.24) is 5.32 Å². The summed E-state index contributed by atoms with van der Waals surface area (Å²) in [5, 5.41) is 3.48. The number of carbonyl (C=O) groups is 1. The van der Waals surface area contributed by atoms with Gasteiger partial charge in [-0.3, -0.25) is 4.79 Å².